The van der Waals surface area contributed by atoms with Crippen molar-refractivity contribution in [3.63, 3.8) is 0 Å². The van der Waals surface area contributed by atoms with E-state index in [9.17, 15) is 13.2 Å². The Morgan fingerprint density at radius 3 is 2.95 bits per heavy atom. The van der Waals surface area contributed by atoms with Gasteiger partial charge < -0.3 is 15.0 Å². The number of nitrogens with one attached hydrogen (secondary N) is 2. The summed E-state index contributed by atoms with van der Waals surface area (Å²) in [6, 6.07) is 9.37. The van der Waals surface area contributed by atoms with Crippen molar-refractivity contribution in [1.82, 2.24) is 10.3 Å². The van der Waals surface area contributed by atoms with Crippen LogP contribution in [0, 0.1) is 0 Å². The number of sulfone groups is 1. The number of rotatable bonds is 3. The molecule has 2 N–H and O–H groups in total. The number of carbonyl (C=O) groups excluding carboxylic acids is 1. The van der Waals surface area contributed by atoms with Crippen LogP contribution in [0.1, 0.15) is 10.5 Å². The molecule has 1 unspecified atom stereocenters. The minimum atomic E-state index is -3.05. The predicted molar refractivity (Wildman–Crippen MR) is 79.0 cm³/mol. The molecule has 0 radical (unpaired) electrons. The van der Waals surface area contributed by atoms with E-state index in [1.54, 1.807) is 6.07 Å². The molecule has 7 heteroatoms. The maximum atomic E-state index is 12.1. The number of aromatic amines is 1. The predicted octanol–water partition coefficient (Wildman–Crippen LogP) is 0.711. The van der Waals surface area contributed by atoms with Crippen LogP contribution in [0.25, 0.3) is 10.9 Å². The third-order valence-electron chi connectivity index (χ3n) is 3.45. The lowest BCUT2D eigenvalue weighted by atomic mass is 10.2. The number of carbonyl (C=O) groups is 1. The van der Waals surface area contributed by atoms with E-state index in [0.29, 0.717) is 5.69 Å². The van der Waals surface area contributed by atoms with E-state index in [4.69, 9.17) is 4.74 Å². The molecule has 2 heterocycles. The van der Waals surface area contributed by atoms with Crippen LogP contribution < -0.4 is 5.32 Å². The largest absolute Gasteiger partial charge is 0.374 e. The van der Waals surface area contributed by atoms with E-state index in [0.717, 1.165) is 10.9 Å². The second-order valence-corrected chi connectivity index (χ2v) is 7.32. The smallest absolute Gasteiger partial charge is 0.267 e. The average Bonchev–Trinajstić information content (AvgIpc) is 2.87. The molecule has 1 aromatic heterocycles. The fourth-order valence-electron chi connectivity index (χ4n) is 2.37. The van der Waals surface area contributed by atoms with Crippen molar-refractivity contribution in [1.29, 1.82) is 0 Å². The van der Waals surface area contributed by atoms with Crippen molar-refractivity contribution in [3.8, 4) is 0 Å². The Bertz CT molecular complexity index is 733. The molecule has 0 saturated carbocycles. The van der Waals surface area contributed by atoms with Gasteiger partial charge >= 0.3 is 0 Å². The van der Waals surface area contributed by atoms with Gasteiger partial charge in [0.2, 0.25) is 0 Å². The maximum absolute atomic E-state index is 12.1. The highest BCUT2D eigenvalue weighted by Crippen LogP contribution is 2.14. The number of para-hydroxylation sites is 1. The normalized spacial score (nSPS) is 21.2. The molecule has 1 saturated heterocycles. The van der Waals surface area contributed by atoms with Crippen LogP contribution in [0.5, 0.6) is 0 Å². The zero-order valence-corrected chi connectivity index (χ0v) is 12.2. The SMILES string of the molecule is O=C(NCC1CS(=O)(=O)CCO1)c1cc2ccccc2[nH]1. The van der Waals surface area contributed by atoms with Crippen LogP contribution in [-0.4, -0.2) is 50.1 Å². The fourth-order valence-corrected chi connectivity index (χ4v) is 3.67. The Kier molecular flexibility index (Phi) is 3.69. The second kappa shape index (κ2) is 5.50. The summed E-state index contributed by atoms with van der Waals surface area (Å²) in [6.45, 7) is 0.378. The summed E-state index contributed by atoms with van der Waals surface area (Å²) >= 11 is 0. The topological polar surface area (TPSA) is 88.3 Å². The van der Waals surface area contributed by atoms with Gasteiger partial charge in [0.05, 0.1) is 24.2 Å². The lowest BCUT2D eigenvalue weighted by molar-refractivity contribution is 0.0661. The van der Waals surface area contributed by atoms with Crippen LogP contribution in [0.3, 0.4) is 0 Å². The molecule has 6 nitrogen and oxygen atoms in total. The van der Waals surface area contributed by atoms with Crippen molar-refractivity contribution in [2.75, 3.05) is 24.7 Å². The van der Waals surface area contributed by atoms with Crippen LogP contribution in [0.4, 0.5) is 0 Å². The molecule has 21 heavy (non-hydrogen) atoms. The standard InChI is InChI=1S/C14H16N2O4S/c17-14(13-7-10-3-1-2-4-12(10)16-13)15-8-11-9-21(18,19)6-5-20-11/h1-4,7,11,16H,5-6,8-9H2,(H,15,17). The second-order valence-electron chi connectivity index (χ2n) is 5.09. The molecule has 112 valence electrons. The summed E-state index contributed by atoms with van der Waals surface area (Å²) in [5.74, 6) is -0.253. The molecular formula is C14H16N2O4S. The number of amides is 1. The van der Waals surface area contributed by atoms with Gasteiger partial charge in [0.15, 0.2) is 9.84 Å². The van der Waals surface area contributed by atoms with Crippen molar-refractivity contribution in [2.24, 2.45) is 0 Å². The third-order valence-corrected chi connectivity index (χ3v) is 5.12. The Morgan fingerprint density at radius 2 is 2.19 bits per heavy atom. The van der Waals surface area contributed by atoms with Gasteiger partial charge in [-0.1, -0.05) is 18.2 Å². The number of aromatic nitrogens is 1. The molecule has 0 aliphatic carbocycles. The van der Waals surface area contributed by atoms with Crippen LogP contribution in [0.15, 0.2) is 30.3 Å². The molecule has 0 bridgehead atoms. The molecule has 3 rings (SSSR count). The fraction of sp³-hybridized carbons (Fsp3) is 0.357. The maximum Gasteiger partial charge on any atom is 0.267 e. The van der Waals surface area contributed by atoms with E-state index >= 15 is 0 Å². The molecule has 1 atom stereocenters. The van der Waals surface area contributed by atoms with Crippen molar-refractivity contribution in [2.45, 2.75) is 6.10 Å². The number of hydrogen-bond donors (Lipinski definition) is 2. The summed E-state index contributed by atoms with van der Waals surface area (Å²) in [7, 11) is -3.05. The number of fused-ring (bicyclic) bond motifs is 1. The van der Waals surface area contributed by atoms with Gasteiger partial charge in [0.1, 0.15) is 5.69 Å². The molecule has 0 spiro atoms. The van der Waals surface area contributed by atoms with Crippen molar-refractivity contribution >= 4 is 26.6 Å². The van der Waals surface area contributed by atoms with E-state index in [1.165, 1.54) is 0 Å². The van der Waals surface area contributed by atoms with E-state index in [2.05, 4.69) is 10.3 Å². The summed E-state index contributed by atoms with van der Waals surface area (Å²) in [5.41, 5.74) is 1.34. The minimum Gasteiger partial charge on any atom is -0.374 e. The first-order chi connectivity index (χ1) is 10.0. The molecule has 1 aliphatic rings. The molecule has 1 aliphatic heterocycles. The molecule has 1 aromatic carbocycles. The van der Waals surface area contributed by atoms with E-state index < -0.39 is 15.9 Å². The lowest BCUT2D eigenvalue weighted by Gasteiger charge is -2.22. The summed E-state index contributed by atoms with van der Waals surface area (Å²) < 4.78 is 28.3. The van der Waals surface area contributed by atoms with Gasteiger partial charge in [-0.25, -0.2) is 8.42 Å². The van der Waals surface area contributed by atoms with Crippen LogP contribution >= 0.6 is 0 Å². The van der Waals surface area contributed by atoms with Gasteiger partial charge in [-0.3, -0.25) is 4.79 Å². The Morgan fingerprint density at radius 1 is 1.38 bits per heavy atom. The first kappa shape index (κ1) is 14.1. The van der Waals surface area contributed by atoms with Crippen molar-refractivity contribution < 1.29 is 17.9 Å². The van der Waals surface area contributed by atoms with Gasteiger partial charge in [0.25, 0.3) is 5.91 Å². The first-order valence-corrected chi connectivity index (χ1v) is 8.54. The zero-order chi connectivity index (χ0) is 14.9. The van der Waals surface area contributed by atoms with Gasteiger partial charge in [-0.15, -0.1) is 0 Å². The number of benzene rings is 1. The first-order valence-electron chi connectivity index (χ1n) is 6.71. The summed E-state index contributed by atoms with van der Waals surface area (Å²) in [4.78, 5) is 15.1. The number of H-pyrrole nitrogens is 1. The summed E-state index contributed by atoms with van der Waals surface area (Å²) in [5, 5.41) is 3.67. The molecular weight excluding hydrogens is 292 g/mol. The van der Waals surface area contributed by atoms with E-state index in [-0.39, 0.29) is 30.6 Å². The quantitative estimate of drug-likeness (QED) is 0.874. The highest BCUT2D eigenvalue weighted by molar-refractivity contribution is 7.91. The molecule has 1 amide bonds. The van der Waals surface area contributed by atoms with Crippen LogP contribution in [-0.2, 0) is 14.6 Å². The monoisotopic (exact) mass is 308 g/mol. The van der Waals surface area contributed by atoms with Crippen LogP contribution in [0.2, 0.25) is 0 Å². The van der Waals surface area contributed by atoms with Gasteiger partial charge in [-0.05, 0) is 12.1 Å². The zero-order valence-electron chi connectivity index (χ0n) is 11.3. The van der Waals surface area contributed by atoms with Gasteiger partial charge in [-0.2, -0.15) is 0 Å². The van der Waals surface area contributed by atoms with Gasteiger partial charge in [0, 0.05) is 17.4 Å². The average molecular weight is 308 g/mol. The Labute approximate surface area is 122 Å². The Balaban J connectivity index is 1.64. The Hall–Kier alpha value is -1.86. The summed E-state index contributed by atoms with van der Waals surface area (Å²) in [6.07, 6.45) is -0.475. The minimum absolute atomic E-state index is 0.0417. The number of hydrogen-bond acceptors (Lipinski definition) is 4. The third kappa shape index (κ3) is 3.25. The highest BCUT2D eigenvalue weighted by Gasteiger charge is 2.25. The van der Waals surface area contributed by atoms with E-state index in [1.807, 2.05) is 24.3 Å². The highest BCUT2D eigenvalue weighted by atomic mass is 32.2. The molecule has 2 aromatic rings. The van der Waals surface area contributed by atoms with Crippen molar-refractivity contribution in [3.05, 3.63) is 36.0 Å². The lowest BCUT2D eigenvalue weighted by Crippen LogP contribution is -2.42. The number of ether oxygens (including phenoxy) is 1. The molecule has 1 fully saturated rings.